The molecule has 0 bridgehead atoms. The quantitative estimate of drug-likeness (QED) is 0.683. The SMILES string of the molecule is Cl.NC1(C(=O)O)CC2(CCCC2)C1. The van der Waals surface area contributed by atoms with Crippen molar-refractivity contribution >= 4 is 18.4 Å². The third kappa shape index (κ3) is 1.55. The lowest BCUT2D eigenvalue weighted by molar-refractivity contribution is -0.153. The highest BCUT2D eigenvalue weighted by atomic mass is 35.5. The average Bonchev–Trinajstić information content (AvgIpc) is 2.34. The number of carbonyl (C=O) groups is 1. The topological polar surface area (TPSA) is 63.3 Å². The Labute approximate surface area is 84.1 Å². The van der Waals surface area contributed by atoms with Gasteiger partial charge in [0.2, 0.25) is 0 Å². The van der Waals surface area contributed by atoms with Crippen LogP contribution in [0.2, 0.25) is 0 Å². The average molecular weight is 206 g/mol. The summed E-state index contributed by atoms with van der Waals surface area (Å²) in [6.07, 6.45) is 6.31. The van der Waals surface area contributed by atoms with Crippen LogP contribution in [-0.2, 0) is 4.79 Å². The summed E-state index contributed by atoms with van der Waals surface area (Å²) < 4.78 is 0. The number of hydrogen-bond acceptors (Lipinski definition) is 2. The Morgan fingerprint density at radius 1 is 1.23 bits per heavy atom. The maximum atomic E-state index is 10.7. The van der Waals surface area contributed by atoms with Gasteiger partial charge in [-0.15, -0.1) is 12.4 Å². The lowest BCUT2D eigenvalue weighted by atomic mass is 9.57. The van der Waals surface area contributed by atoms with Gasteiger partial charge in [0.15, 0.2) is 0 Å². The van der Waals surface area contributed by atoms with Gasteiger partial charge >= 0.3 is 5.97 Å². The zero-order chi connectivity index (χ0) is 8.82. The molecule has 0 atom stereocenters. The molecule has 0 aliphatic heterocycles. The first-order valence-corrected chi connectivity index (χ1v) is 4.59. The largest absolute Gasteiger partial charge is 0.480 e. The lowest BCUT2D eigenvalue weighted by Gasteiger charge is -2.50. The maximum Gasteiger partial charge on any atom is 0.323 e. The molecule has 0 radical (unpaired) electrons. The summed E-state index contributed by atoms with van der Waals surface area (Å²) in [7, 11) is 0. The van der Waals surface area contributed by atoms with E-state index in [1.54, 1.807) is 0 Å². The van der Waals surface area contributed by atoms with Gasteiger partial charge in [0.05, 0.1) is 0 Å². The van der Waals surface area contributed by atoms with Crippen LogP contribution in [0.15, 0.2) is 0 Å². The van der Waals surface area contributed by atoms with E-state index in [4.69, 9.17) is 10.8 Å². The van der Waals surface area contributed by atoms with Crippen LogP contribution in [-0.4, -0.2) is 16.6 Å². The summed E-state index contributed by atoms with van der Waals surface area (Å²) in [4.78, 5) is 10.7. The Kier molecular flexibility index (Phi) is 2.61. The first kappa shape index (κ1) is 10.8. The van der Waals surface area contributed by atoms with E-state index in [-0.39, 0.29) is 12.4 Å². The van der Waals surface area contributed by atoms with Crippen LogP contribution in [0, 0.1) is 5.41 Å². The van der Waals surface area contributed by atoms with Gasteiger partial charge < -0.3 is 10.8 Å². The van der Waals surface area contributed by atoms with Crippen LogP contribution in [0.3, 0.4) is 0 Å². The van der Waals surface area contributed by atoms with E-state index in [0.717, 1.165) is 0 Å². The molecule has 1 spiro atoms. The fraction of sp³-hybridized carbons (Fsp3) is 0.889. The predicted molar refractivity (Wildman–Crippen MR) is 51.9 cm³/mol. The molecule has 2 aliphatic carbocycles. The van der Waals surface area contributed by atoms with Crippen molar-refractivity contribution in [1.29, 1.82) is 0 Å². The molecule has 0 amide bonds. The molecule has 2 rings (SSSR count). The minimum absolute atomic E-state index is 0. The number of rotatable bonds is 1. The van der Waals surface area contributed by atoms with Crippen molar-refractivity contribution in [3.05, 3.63) is 0 Å². The number of carboxylic acids is 1. The van der Waals surface area contributed by atoms with Gasteiger partial charge in [-0.1, -0.05) is 12.8 Å². The van der Waals surface area contributed by atoms with E-state index in [9.17, 15) is 4.79 Å². The predicted octanol–water partition coefficient (Wildman–Crippen LogP) is 1.54. The zero-order valence-electron chi connectivity index (χ0n) is 7.58. The van der Waals surface area contributed by atoms with Crippen molar-refractivity contribution in [2.24, 2.45) is 11.1 Å². The van der Waals surface area contributed by atoms with Gasteiger partial charge in [-0.05, 0) is 31.1 Å². The number of carboxylic acid groups (broad SMARTS) is 1. The van der Waals surface area contributed by atoms with Crippen molar-refractivity contribution in [2.75, 3.05) is 0 Å². The summed E-state index contributed by atoms with van der Waals surface area (Å²) in [6.45, 7) is 0. The van der Waals surface area contributed by atoms with E-state index in [1.165, 1.54) is 25.7 Å². The molecule has 0 aromatic rings. The smallest absolute Gasteiger partial charge is 0.323 e. The molecule has 3 nitrogen and oxygen atoms in total. The molecule has 0 aromatic heterocycles. The van der Waals surface area contributed by atoms with Crippen LogP contribution < -0.4 is 5.73 Å². The van der Waals surface area contributed by atoms with Crippen LogP contribution >= 0.6 is 12.4 Å². The molecule has 2 aliphatic rings. The standard InChI is InChI=1S/C9H15NO2.ClH/c10-9(7(11)12)5-8(6-9)3-1-2-4-8;/h1-6,10H2,(H,11,12);1H. The van der Waals surface area contributed by atoms with Crippen LogP contribution in [0.25, 0.3) is 0 Å². The second-order valence-corrected chi connectivity index (χ2v) is 4.52. The molecule has 0 unspecified atom stereocenters. The van der Waals surface area contributed by atoms with E-state index < -0.39 is 11.5 Å². The molecule has 4 heteroatoms. The molecule has 3 N–H and O–H groups in total. The van der Waals surface area contributed by atoms with E-state index in [1.807, 2.05) is 0 Å². The number of aliphatic carboxylic acids is 1. The minimum atomic E-state index is -0.885. The number of nitrogens with two attached hydrogens (primary N) is 1. The Morgan fingerprint density at radius 2 is 1.69 bits per heavy atom. The third-order valence-corrected chi connectivity index (χ3v) is 3.47. The van der Waals surface area contributed by atoms with Crippen molar-refractivity contribution in [3.8, 4) is 0 Å². The second kappa shape index (κ2) is 3.14. The van der Waals surface area contributed by atoms with Crippen molar-refractivity contribution in [2.45, 2.75) is 44.1 Å². The molecule has 76 valence electrons. The van der Waals surface area contributed by atoms with Gasteiger partial charge in [-0.2, -0.15) is 0 Å². The fourth-order valence-electron chi connectivity index (χ4n) is 2.92. The van der Waals surface area contributed by atoms with Gasteiger partial charge in [0.25, 0.3) is 0 Å². The van der Waals surface area contributed by atoms with Gasteiger partial charge in [-0.25, -0.2) is 0 Å². The minimum Gasteiger partial charge on any atom is -0.480 e. The zero-order valence-corrected chi connectivity index (χ0v) is 8.40. The molecular weight excluding hydrogens is 190 g/mol. The number of halogens is 1. The highest BCUT2D eigenvalue weighted by molar-refractivity contribution is 5.85. The molecule has 0 saturated heterocycles. The Morgan fingerprint density at radius 3 is 2.08 bits per heavy atom. The highest BCUT2D eigenvalue weighted by Gasteiger charge is 2.57. The van der Waals surface area contributed by atoms with Crippen molar-refractivity contribution in [1.82, 2.24) is 0 Å². The molecule has 0 heterocycles. The Hall–Kier alpha value is -0.280. The van der Waals surface area contributed by atoms with E-state index >= 15 is 0 Å². The molecule has 2 fully saturated rings. The Bertz CT molecular complexity index is 216. The van der Waals surface area contributed by atoms with E-state index in [2.05, 4.69) is 0 Å². The van der Waals surface area contributed by atoms with Gasteiger partial charge in [0, 0.05) is 0 Å². The van der Waals surface area contributed by atoms with Crippen LogP contribution in [0.4, 0.5) is 0 Å². The lowest BCUT2D eigenvalue weighted by Crippen LogP contribution is -2.62. The first-order valence-electron chi connectivity index (χ1n) is 4.59. The summed E-state index contributed by atoms with van der Waals surface area (Å²) in [5.41, 5.74) is 5.14. The van der Waals surface area contributed by atoms with Gasteiger partial charge in [0.1, 0.15) is 5.54 Å². The summed E-state index contributed by atoms with van der Waals surface area (Å²) in [5, 5.41) is 8.81. The third-order valence-electron chi connectivity index (χ3n) is 3.47. The molecule has 13 heavy (non-hydrogen) atoms. The fourth-order valence-corrected chi connectivity index (χ4v) is 2.92. The first-order chi connectivity index (χ1) is 5.56. The second-order valence-electron chi connectivity index (χ2n) is 4.52. The number of hydrogen-bond donors (Lipinski definition) is 2. The highest BCUT2D eigenvalue weighted by Crippen LogP contribution is 2.57. The van der Waals surface area contributed by atoms with Crippen LogP contribution in [0.1, 0.15) is 38.5 Å². The van der Waals surface area contributed by atoms with E-state index in [0.29, 0.717) is 18.3 Å². The summed E-state index contributed by atoms with van der Waals surface area (Å²) >= 11 is 0. The molecular formula is C9H16ClNO2. The monoisotopic (exact) mass is 205 g/mol. The summed E-state index contributed by atoms with van der Waals surface area (Å²) in [6, 6.07) is 0. The van der Waals surface area contributed by atoms with Crippen molar-refractivity contribution < 1.29 is 9.90 Å². The molecule has 2 saturated carbocycles. The molecule has 0 aromatic carbocycles. The van der Waals surface area contributed by atoms with Crippen LogP contribution in [0.5, 0.6) is 0 Å². The summed E-state index contributed by atoms with van der Waals surface area (Å²) in [5.74, 6) is -0.819. The van der Waals surface area contributed by atoms with Crippen molar-refractivity contribution in [3.63, 3.8) is 0 Å². The van der Waals surface area contributed by atoms with Gasteiger partial charge in [-0.3, -0.25) is 4.79 Å². The Balaban J connectivity index is 0.000000845. The normalized spacial score (nSPS) is 27.8. The maximum absolute atomic E-state index is 10.7.